The van der Waals surface area contributed by atoms with Crippen molar-refractivity contribution in [2.24, 2.45) is 17.1 Å². The fourth-order valence-corrected chi connectivity index (χ4v) is 7.77. The van der Waals surface area contributed by atoms with Gasteiger partial charge in [0.1, 0.15) is 17.1 Å². The largest absolute Gasteiger partial charge is 0.465 e. The van der Waals surface area contributed by atoms with Crippen LogP contribution in [-0.4, -0.2) is 89.6 Å². The van der Waals surface area contributed by atoms with Gasteiger partial charge >= 0.3 is 5.97 Å². The van der Waals surface area contributed by atoms with E-state index < -0.39 is 18.0 Å². The molecule has 2 unspecified atom stereocenters. The molecule has 3 heterocycles. The first-order chi connectivity index (χ1) is 26.2. The number of rotatable bonds is 21. The summed E-state index contributed by atoms with van der Waals surface area (Å²) in [6, 6.07) is 8.68. The maximum atomic E-state index is 13.5. The highest BCUT2D eigenvalue weighted by atomic mass is 32.1. The molecule has 0 aliphatic carbocycles. The number of ether oxygens (including phenoxy) is 2. The van der Waals surface area contributed by atoms with E-state index in [1.807, 2.05) is 25.3 Å². The highest BCUT2D eigenvalue weighted by molar-refractivity contribution is 7.13. The number of unbranched alkanes of at least 4 members (excludes halogenated alkanes) is 1. The predicted octanol–water partition coefficient (Wildman–Crippen LogP) is 5.12. The van der Waals surface area contributed by atoms with Crippen molar-refractivity contribution in [2.75, 3.05) is 33.9 Å². The lowest BCUT2D eigenvalue weighted by Gasteiger charge is -2.29. The van der Waals surface area contributed by atoms with Gasteiger partial charge in [-0.05, 0) is 74.5 Å². The molecule has 4 aromatic rings. The number of likely N-dealkylation sites (N-methyl/N-ethyl adjacent to an activating group) is 1. The van der Waals surface area contributed by atoms with Crippen LogP contribution in [0, 0.1) is 11.3 Å². The first-order valence-corrected chi connectivity index (χ1v) is 19.7. The molecule has 1 aromatic carbocycles. The molecule has 13 nitrogen and oxygen atoms in total. The number of hydrogen-bond donors (Lipinski definition) is 3. The molecule has 2 atom stereocenters. The zero-order valence-corrected chi connectivity index (χ0v) is 34.3. The Morgan fingerprint density at radius 3 is 2.56 bits per heavy atom. The number of aryl methyl sites for hydroxylation is 1. The Morgan fingerprint density at radius 1 is 1.15 bits per heavy atom. The number of hydrogen-bond acceptors (Lipinski definition) is 10. The molecule has 0 aliphatic heterocycles. The maximum Gasteiger partial charge on any atom is 0.302 e. The summed E-state index contributed by atoms with van der Waals surface area (Å²) in [6.07, 6.45) is 4.65. The van der Waals surface area contributed by atoms with Crippen LogP contribution in [0.3, 0.4) is 0 Å². The lowest BCUT2D eigenvalue weighted by Crippen LogP contribution is -2.55. The van der Waals surface area contributed by atoms with E-state index in [1.165, 1.54) is 23.2 Å². The summed E-state index contributed by atoms with van der Waals surface area (Å²) < 4.78 is 13.4. The molecule has 55 heavy (non-hydrogen) atoms. The van der Waals surface area contributed by atoms with Crippen molar-refractivity contribution >= 4 is 46.4 Å². The van der Waals surface area contributed by atoms with Gasteiger partial charge in [0.2, 0.25) is 18.2 Å². The van der Waals surface area contributed by atoms with Gasteiger partial charge < -0.3 is 35.3 Å². The molecular weight excluding hydrogens is 719 g/mol. The fraction of sp³-hybridized carbons (Fsp3) is 0.512. The van der Waals surface area contributed by atoms with Crippen LogP contribution in [0.1, 0.15) is 71.3 Å². The van der Waals surface area contributed by atoms with E-state index in [9.17, 15) is 19.2 Å². The number of benzene rings is 1. The van der Waals surface area contributed by atoms with Crippen LogP contribution < -0.4 is 16.4 Å². The molecule has 0 spiro atoms. The number of carbonyl (C=O) groups excluding carboxylic acids is 4. The Morgan fingerprint density at radius 2 is 1.91 bits per heavy atom. The van der Waals surface area contributed by atoms with Gasteiger partial charge in [-0.1, -0.05) is 27.7 Å². The normalized spacial score (nSPS) is 12.8. The number of pyridine rings is 1. The predicted molar refractivity (Wildman–Crippen MR) is 216 cm³/mol. The minimum Gasteiger partial charge on any atom is -0.465 e. The number of fused-ring (bicyclic) bond motifs is 1. The highest BCUT2D eigenvalue weighted by Gasteiger charge is 2.31. The molecule has 4 rings (SSSR count). The summed E-state index contributed by atoms with van der Waals surface area (Å²) in [7, 11) is 3.22. The number of aromatic nitrogens is 3. The van der Waals surface area contributed by atoms with Crippen LogP contribution in [0.4, 0.5) is 0 Å². The summed E-state index contributed by atoms with van der Waals surface area (Å²) >= 11 is 1.47. The highest BCUT2D eigenvalue weighted by Crippen LogP contribution is 2.41. The van der Waals surface area contributed by atoms with Crippen LogP contribution in [-0.2, 0) is 54.6 Å². The summed E-state index contributed by atoms with van der Waals surface area (Å²) in [5.74, 6) is -1.22. The van der Waals surface area contributed by atoms with E-state index in [0.717, 1.165) is 50.4 Å². The minimum absolute atomic E-state index is 0.165. The quantitative estimate of drug-likeness (QED) is 0.0591. The molecule has 0 radical (unpaired) electrons. The Kier molecular flexibility index (Phi) is 15.5. The minimum atomic E-state index is -0.905. The molecule has 0 fully saturated rings. The van der Waals surface area contributed by atoms with Crippen molar-refractivity contribution in [3.05, 3.63) is 58.9 Å². The van der Waals surface area contributed by atoms with Crippen LogP contribution in [0.25, 0.3) is 32.7 Å². The van der Waals surface area contributed by atoms with E-state index >= 15 is 0 Å². The summed E-state index contributed by atoms with van der Waals surface area (Å²) in [5.41, 5.74) is 11.8. The maximum absolute atomic E-state index is 13.5. The Labute approximate surface area is 328 Å². The zero-order valence-electron chi connectivity index (χ0n) is 33.4. The van der Waals surface area contributed by atoms with Crippen LogP contribution in [0.2, 0.25) is 0 Å². The van der Waals surface area contributed by atoms with E-state index in [4.69, 9.17) is 20.2 Å². The Bertz CT molecular complexity index is 1940. The number of carbonyl (C=O) groups is 4. The number of esters is 1. The van der Waals surface area contributed by atoms with E-state index in [0.29, 0.717) is 51.2 Å². The fourth-order valence-electron chi connectivity index (χ4n) is 6.94. The van der Waals surface area contributed by atoms with Crippen LogP contribution in [0.5, 0.6) is 0 Å². The molecule has 3 aromatic heterocycles. The third-order valence-corrected chi connectivity index (χ3v) is 10.5. The van der Waals surface area contributed by atoms with E-state index in [-0.39, 0.29) is 36.2 Å². The topological polar surface area (TPSA) is 171 Å². The third-order valence-electron chi connectivity index (χ3n) is 9.51. The second-order valence-electron chi connectivity index (χ2n) is 15.0. The molecule has 3 amide bonds. The first-order valence-electron chi connectivity index (χ1n) is 18.9. The van der Waals surface area contributed by atoms with Gasteiger partial charge in [0.25, 0.3) is 0 Å². The first kappa shape index (κ1) is 43.1. The number of thiazole rings is 1. The molecule has 14 heteroatoms. The second kappa shape index (κ2) is 19.8. The molecule has 0 saturated heterocycles. The smallest absolute Gasteiger partial charge is 0.302 e. The van der Waals surface area contributed by atoms with Crippen molar-refractivity contribution in [1.29, 1.82) is 0 Å². The van der Waals surface area contributed by atoms with Gasteiger partial charge in [-0.2, -0.15) is 0 Å². The van der Waals surface area contributed by atoms with Crippen molar-refractivity contribution in [1.82, 2.24) is 30.1 Å². The van der Waals surface area contributed by atoms with Crippen molar-refractivity contribution < 1.29 is 28.7 Å². The van der Waals surface area contributed by atoms with Crippen LogP contribution in [0.15, 0.2) is 41.9 Å². The number of nitrogens with one attached hydrogen (secondary N) is 2. The summed E-state index contributed by atoms with van der Waals surface area (Å²) in [6.45, 7) is 13.7. The van der Waals surface area contributed by atoms with Gasteiger partial charge in [-0.25, -0.2) is 4.98 Å². The lowest BCUT2D eigenvalue weighted by molar-refractivity contribution is -0.144. The Hall–Kier alpha value is -4.66. The van der Waals surface area contributed by atoms with E-state index in [1.54, 1.807) is 20.4 Å². The van der Waals surface area contributed by atoms with Gasteiger partial charge in [0.15, 0.2) is 0 Å². The van der Waals surface area contributed by atoms with Gasteiger partial charge in [0.05, 0.1) is 30.3 Å². The molecule has 4 N–H and O–H groups in total. The van der Waals surface area contributed by atoms with Crippen molar-refractivity contribution in [2.45, 2.75) is 92.5 Å². The molecule has 0 bridgehead atoms. The number of methoxy groups -OCH3 is 1. The van der Waals surface area contributed by atoms with Crippen molar-refractivity contribution in [3.63, 3.8) is 0 Å². The molecule has 0 aliphatic rings. The monoisotopic (exact) mass is 775 g/mol. The van der Waals surface area contributed by atoms with Gasteiger partial charge in [-0.15, -0.1) is 11.3 Å². The lowest BCUT2D eigenvalue weighted by atomic mass is 9.84. The number of nitrogens with two attached hydrogens (primary N) is 1. The van der Waals surface area contributed by atoms with Crippen molar-refractivity contribution in [3.8, 4) is 21.8 Å². The average molecular weight is 776 g/mol. The summed E-state index contributed by atoms with van der Waals surface area (Å²) in [5, 5.41) is 9.57. The summed E-state index contributed by atoms with van der Waals surface area (Å²) in [4.78, 5) is 61.3. The van der Waals surface area contributed by atoms with Gasteiger partial charge in [-0.3, -0.25) is 24.2 Å². The van der Waals surface area contributed by atoms with Crippen LogP contribution >= 0.6 is 11.3 Å². The average Bonchev–Trinajstić information content (AvgIpc) is 3.74. The molecular formula is C41H57N7O6S. The SMILES string of the molecule is CCn1c(-c2cccnc2COC)c(CC(C)(C)COC(C)=O)c2cc(-c3nc(CC(NC(=O)C(C(C)C)N(C)C=O)C(=O)NCCCCN)cs3)ccc21. The van der Waals surface area contributed by atoms with Gasteiger partial charge in [0, 0.05) is 79.6 Å². The molecule has 298 valence electrons. The standard InChI is InChI=1S/C41H57N7O6S/c1-9-48-35-15-14-28(19-31(35)32(21-41(5,6)24-54-27(4)50)37(48)30-13-12-18-43-34(30)22-53-8)40-45-29(23-55-40)20-33(38(51)44-17-11-10-16-42)46-39(52)36(26(2)3)47(7)25-49/h12-15,18-19,23,25-26,33,36H,9-11,16-17,20-22,24,42H2,1-8H3,(H,44,51)(H,46,52). The number of amides is 3. The molecule has 0 saturated carbocycles. The van der Waals surface area contributed by atoms with E-state index in [2.05, 4.69) is 65.2 Å². The second-order valence-corrected chi connectivity index (χ2v) is 15.9. The zero-order chi connectivity index (χ0) is 40.3. The Balaban J connectivity index is 1.76. The number of nitrogens with zero attached hydrogens (tertiary/aromatic N) is 4. The third kappa shape index (κ3) is 11.0.